The molecule has 3 nitrogen and oxygen atoms in total. The molecule has 0 radical (unpaired) electrons. The molecule has 0 N–H and O–H groups in total. The molecule has 122 valence electrons. The average molecular weight is 328 g/mol. The minimum Gasteiger partial charge on any atom is -0.392 e. The molecule has 3 heteroatoms. The van der Waals surface area contributed by atoms with E-state index in [2.05, 4.69) is 0 Å². The van der Waals surface area contributed by atoms with Gasteiger partial charge in [-0.15, -0.1) is 0 Å². The van der Waals surface area contributed by atoms with Gasteiger partial charge in [0.2, 0.25) is 0 Å². The lowest BCUT2D eigenvalue weighted by Crippen LogP contribution is -2.38. The van der Waals surface area contributed by atoms with Gasteiger partial charge in [0.25, 0.3) is 0 Å². The van der Waals surface area contributed by atoms with E-state index in [4.69, 9.17) is 4.74 Å². The van der Waals surface area contributed by atoms with Crippen LogP contribution in [0.3, 0.4) is 0 Å². The molecule has 4 rings (SSSR count). The molecule has 1 unspecified atom stereocenters. The third-order valence-corrected chi connectivity index (χ3v) is 4.78. The number of carbonyl (C=O) groups excluding carboxylic acids is 2. The van der Waals surface area contributed by atoms with Gasteiger partial charge >= 0.3 is 11.9 Å². The van der Waals surface area contributed by atoms with Crippen LogP contribution in [0.15, 0.2) is 91.0 Å². The van der Waals surface area contributed by atoms with Crippen LogP contribution >= 0.6 is 0 Å². The van der Waals surface area contributed by atoms with Crippen molar-refractivity contribution in [2.75, 3.05) is 0 Å². The van der Waals surface area contributed by atoms with E-state index >= 15 is 0 Å². The Labute approximate surface area is 145 Å². The lowest BCUT2D eigenvalue weighted by molar-refractivity contribution is -0.153. The first-order valence-electron chi connectivity index (χ1n) is 8.16. The summed E-state index contributed by atoms with van der Waals surface area (Å²) >= 11 is 0. The quantitative estimate of drug-likeness (QED) is 0.542. The minimum atomic E-state index is -1.18. The fourth-order valence-corrected chi connectivity index (χ4v) is 3.69. The van der Waals surface area contributed by atoms with Gasteiger partial charge in [-0.2, -0.15) is 0 Å². The third-order valence-electron chi connectivity index (χ3n) is 4.78. The molecule has 1 heterocycles. The molecular weight excluding hydrogens is 312 g/mol. The van der Waals surface area contributed by atoms with Crippen molar-refractivity contribution in [2.45, 2.75) is 11.3 Å². The Morgan fingerprint density at radius 1 is 0.640 bits per heavy atom. The highest BCUT2D eigenvalue weighted by Gasteiger charge is 2.60. The van der Waals surface area contributed by atoms with Crippen LogP contribution in [-0.2, 0) is 19.7 Å². The molecule has 0 aliphatic carbocycles. The van der Waals surface area contributed by atoms with Gasteiger partial charge in [0.15, 0.2) is 0 Å². The van der Waals surface area contributed by atoms with Crippen LogP contribution in [0.2, 0.25) is 0 Å². The SMILES string of the molecule is O=C1OC(=O)C(c2ccccc2)(c2ccccc2)C1c1ccccc1. The Hall–Kier alpha value is -3.20. The number of esters is 2. The van der Waals surface area contributed by atoms with Crippen molar-refractivity contribution in [3.8, 4) is 0 Å². The molecule has 0 saturated carbocycles. The summed E-state index contributed by atoms with van der Waals surface area (Å²) in [6.07, 6.45) is 0. The van der Waals surface area contributed by atoms with Crippen molar-refractivity contribution < 1.29 is 14.3 Å². The largest absolute Gasteiger partial charge is 0.392 e. The number of ether oxygens (including phenoxy) is 1. The van der Waals surface area contributed by atoms with E-state index in [1.54, 1.807) is 0 Å². The second-order valence-corrected chi connectivity index (χ2v) is 6.09. The summed E-state index contributed by atoms with van der Waals surface area (Å²) in [7, 11) is 0. The molecule has 1 saturated heterocycles. The maximum Gasteiger partial charge on any atom is 0.329 e. The standard InChI is InChI=1S/C22H16O3/c23-20-19(16-10-4-1-5-11-16)22(21(24)25-20,17-12-6-2-7-13-17)18-14-8-3-9-15-18/h1-15,19H. The van der Waals surface area contributed by atoms with Gasteiger partial charge in [0, 0.05) is 0 Å². The van der Waals surface area contributed by atoms with E-state index in [1.165, 1.54) is 0 Å². The first-order valence-corrected chi connectivity index (χ1v) is 8.16. The Morgan fingerprint density at radius 3 is 1.56 bits per heavy atom. The van der Waals surface area contributed by atoms with E-state index in [1.807, 2.05) is 91.0 Å². The first kappa shape index (κ1) is 15.3. The molecular formula is C22H16O3. The van der Waals surface area contributed by atoms with Gasteiger partial charge in [-0.1, -0.05) is 91.0 Å². The second kappa shape index (κ2) is 6.02. The number of benzene rings is 3. The van der Waals surface area contributed by atoms with E-state index in [0.717, 1.165) is 16.7 Å². The fourth-order valence-electron chi connectivity index (χ4n) is 3.69. The van der Waals surface area contributed by atoms with Gasteiger partial charge < -0.3 is 4.74 Å². The summed E-state index contributed by atoms with van der Waals surface area (Å²) in [6, 6.07) is 28.1. The van der Waals surface area contributed by atoms with Gasteiger partial charge in [0.1, 0.15) is 11.3 Å². The number of carbonyl (C=O) groups is 2. The molecule has 0 spiro atoms. The zero-order valence-electron chi connectivity index (χ0n) is 13.5. The Bertz CT molecular complexity index is 862. The number of hydrogen-bond donors (Lipinski definition) is 0. The molecule has 0 aromatic heterocycles. The van der Waals surface area contributed by atoms with Crippen LogP contribution in [0.4, 0.5) is 0 Å². The topological polar surface area (TPSA) is 43.4 Å². The minimum absolute atomic E-state index is 0.510. The monoisotopic (exact) mass is 328 g/mol. The molecule has 25 heavy (non-hydrogen) atoms. The molecule has 1 aliphatic heterocycles. The molecule has 0 bridgehead atoms. The maximum atomic E-state index is 13.0. The Morgan fingerprint density at radius 2 is 1.08 bits per heavy atom. The summed E-state index contributed by atoms with van der Waals surface area (Å²) < 4.78 is 5.18. The Kier molecular flexibility index (Phi) is 3.69. The summed E-state index contributed by atoms with van der Waals surface area (Å²) in [4.78, 5) is 25.8. The van der Waals surface area contributed by atoms with E-state index in [9.17, 15) is 9.59 Å². The van der Waals surface area contributed by atoms with Gasteiger partial charge in [-0.3, -0.25) is 9.59 Å². The van der Waals surface area contributed by atoms with Crippen LogP contribution < -0.4 is 0 Å². The number of rotatable bonds is 3. The third kappa shape index (κ3) is 2.28. The molecule has 3 aromatic rings. The van der Waals surface area contributed by atoms with Crippen LogP contribution in [-0.4, -0.2) is 11.9 Å². The summed E-state index contributed by atoms with van der Waals surface area (Å²) in [5.74, 6) is -1.75. The predicted octanol–water partition coefficient (Wildman–Crippen LogP) is 3.84. The van der Waals surface area contributed by atoms with Crippen LogP contribution in [0.1, 0.15) is 22.6 Å². The van der Waals surface area contributed by atoms with Crippen molar-refractivity contribution in [1.29, 1.82) is 0 Å². The molecule has 1 aliphatic rings. The highest BCUT2D eigenvalue weighted by molar-refractivity contribution is 6.08. The van der Waals surface area contributed by atoms with Gasteiger partial charge in [-0.25, -0.2) is 0 Å². The van der Waals surface area contributed by atoms with Crippen molar-refractivity contribution in [3.63, 3.8) is 0 Å². The van der Waals surface area contributed by atoms with E-state index < -0.39 is 23.3 Å². The summed E-state index contributed by atoms with van der Waals surface area (Å²) in [5, 5.41) is 0. The zero-order valence-corrected chi connectivity index (χ0v) is 13.5. The normalized spacial score (nSPS) is 18.8. The molecule has 0 amide bonds. The van der Waals surface area contributed by atoms with Crippen molar-refractivity contribution in [1.82, 2.24) is 0 Å². The molecule has 1 fully saturated rings. The molecule has 1 atom stereocenters. The zero-order chi connectivity index (χ0) is 17.3. The van der Waals surface area contributed by atoms with Crippen molar-refractivity contribution in [2.24, 2.45) is 0 Å². The molecule has 3 aromatic carbocycles. The highest BCUT2D eigenvalue weighted by Crippen LogP contribution is 2.50. The van der Waals surface area contributed by atoms with E-state index in [0.29, 0.717) is 0 Å². The van der Waals surface area contributed by atoms with Crippen LogP contribution in [0.25, 0.3) is 0 Å². The predicted molar refractivity (Wildman–Crippen MR) is 93.9 cm³/mol. The van der Waals surface area contributed by atoms with Crippen molar-refractivity contribution >= 4 is 11.9 Å². The maximum absolute atomic E-state index is 13.0. The lowest BCUT2D eigenvalue weighted by Gasteiger charge is -2.31. The van der Waals surface area contributed by atoms with Gasteiger partial charge in [-0.05, 0) is 16.7 Å². The fraction of sp³-hybridized carbons (Fsp3) is 0.0909. The number of cyclic esters (lactones) is 2. The summed E-state index contributed by atoms with van der Waals surface area (Å²) in [6.45, 7) is 0. The smallest absolute Gasteiger partial charge is 0.329 e. The highest BCUT2D eigenvalue weighted by atomic mass is 16.6. The first-order chi connectivity index (χ1) is 12.2. The van der Waals surface area contributed by atoms with Crippen molar-refractivity contribution in [3.05, 3.63) is 108 Å². The second-order valence-electron chi connectivity index (χ2n) is 6.09. The summed E-state index contributed by atoms with van der Waals surface area (Å²) in [5.41, 5.74) is 1.10. The Balaban J connectivity index is 2.05. The lowest BCUT2D eigenvalue weighted by atomic mass is 9.65. The number of hydrogen-bond acceptors (Lipinski definition) is 3. The van der Waals surface area contributed by atoms with Crippen LogP contribution in [0, 0.1) is 0 Å². The van der Waals surface area contributed by atoms with Gasteiger partial charge in [0.05, 0.1) is 0 Å². The van der Waals surface area contributed by atoms with E-state index in [-0.39, 0.29) is 0 Å². The average Bonchev–Trinajstić information content (AvgIpc) is 2.94. The van der Waals surface area contributed by atoms with Crippen LogP contribution in [0.5, 0.6) is 0 Å².